The molecule has 30 heavy (non-hydrogen) atoms. The van der Waals surface area contributed by atoms with Crippen LogP contribution in [0.2, 0.25) is 5.02 Å². The number of halogens is 1. The second kappa shape index (κ2) is 8.83. The molecule has 2 aliphatic rings. The lowest BCUT2D eigenvalue weighted by Gasteiger charge is -2.20. The van der Waals surface area contributed by atoms with Crippen molar-refractivity contribution in [3.05, 3.63) is 53.6 Å². The van der Waals surface area contributed by atoms with Gasteiger partial charge in [-0.1, -0.05) is 23.7 Å². The van der Waals surface area contributed by atoms with E-state index in [0.29, 0.717) is 22.2 Å². The van der Waals surface area contributed by atoms with E-state index < -0.39 is 21.3 Å². The zero-order valence-corrected chi connectivity index (χ0v) is 18.0. The Balaban J connectivity index is 1.36. The van der Waals surface area contributed by atoms with Gasteiger partial charge in [-0.25, -0.2) is 8.42 Å². The number of hydrogen-bond donors (Lipinski definition) is 2. The first kappa shape index (κ1) is 21.0. The van der Waals surface area contributed by atoms with Crippen LogP contribution >= 0.6 is 11.6 Å². The number of anilines is 1. The topological polar surface area (TPSA) is 87.7 Å². The van der Waals surface area contributed by atoms with Crippen LogP contribution in [0, 0.1) is 0 Å². The predicted octanol–water partition coefficient (Wildman–Crippen LogP) is 3.23. The summed E-state index contributed by atoms with van der Waals surface area (Å²) >= 11 is 6.09. The Morgan fingerprint density at radius 3 is 2.50 bits per heavy atom. The largest absolute Gasteiger partial charge is 0.456 e. The van der Waals surface area contributed by atoms with Crippen molar-refractivity contribution in [2.75, 3.05) is 24.4 Å². The van der Waals surface area contributed by atoms with Gasteiger partial charge in [0.25, 0.3) is 0 Å². The second-order valence-corrected chi connectivity index (χ2v) is 9.92. The first-order valence-corrected chi connectivity index (χ1v) is 11.9. The lowest BCUT2D eigenvalue weighted by atomic mass is 10.2. The zero-order chi connectivity index (χ0) is 21.1. The molecule has 2 heterocycles. The smallest absolute Gasteiger partial charge is 0.239 e. The maximum absolute atomic E-state index is 12.8. The van der Waals surface area contributed by atoms with E-state index in [2.05, 4.69) is 10.0 Å². The first-order valence-electron chi connectivity index (χ1n) is 9.98. The van der Waals surface area contributed by atoms with Crippen LogP contribution < -0.4 is 14.8 Å². The standard InChI is InChI=1S/C21H24ClN3O4S/c22-18-5-1-2-6-20(18)29-16-9-7-15(8-10-16)24-30(27,28)17-13-19(23-14-17)21(26)25-11-3-4-12-25/h1-2,5-10,17,19,23-24H,3-4,11-14H2. The van der Waals surface area contributed by atoms with Crippen molar-refractivity contribution in [1.82, 2.24) is 10.2 Å². The summed E-state index contributed by atoms with van der Waals surface area (Å²) in [7, 11) is -3.63. The van der Waals surface area contributed by atoms with Crippen molar-refractivity contribution in [1.29, 1.82) is 0 Å². The third-order valence-corrected chi connectivity index (χ3v) is 7.49. The Bertz CT molecular complexity index is 1010. The third-order valence-electron chi connectivity index (χ3n) is 5.42. The van der Waals surface area contributed by atoms with Crippen LogP contribution in [0.1, 0.15) is 19.3 Å². The Morgan fingerprint density at radius 2 is 1.80 bits per heavy atom. The molecular weight excluding hydrogens is 426 g/mol. The number of nitrogens with zero attached hydrogens (tertiary/aromatic N) is 1. The zero-order valence-electron chi connectivity index (χ0n) is 16.4. The highest BCUT2D eigenvalue weighted by molar-refractivity contribution is 7.93. The fourth-order valence-electron chi connectivity index (χ4n) is 3.78. The van der Waals surface area contributed by atoms with Gasteiger partial charge in [-0.2, -0.15) is 0 Å². The molecule has 0 aliphatic carbocycles. The molecule has 2 saturated heterocycles. The summed E-state index contributed by atoms with van der Waals surface area (Å²) in [6.07, 6.45) is 2.30. The summed E-state index contributed by atoms with van der Waals surface area (Å²) in [5, 5.41) is 2.91. The molecular formula is C21H24ClN3O4S. The average molecular weight is 450 g/mol. The Kier molecular flexibility index (Phi) is 6.17. The first-order chi connectivity index (χ1) is 14.4. The van der Waals surface area contributed by atoms with Crippen molar-refractivity contribution in [2.24, 2.45) is 0 Å². The van der Waals surface area contributed by atoms with E-state index in [1.807, 2.05) is 17.0 Å². The van der Waals surface area contributed by atoms with E-state index in [1.54, 1.807) is 36.4 Å². The molecule has 4 rings (SSSR count). The number of carbonyl (C=O) groups excluding carboxylic acids is 1. The molecule has 2 fully saturated rings. The summed E-state index contributed by atoms with van der Waals surface area (Å²) < 4.78 is 33.9. The summed E-state index contributed by atoms with van der Waals surface area (Å²) in [6, 6.07) is 13.3. The minimum atomic E-state index is -3.63. The lowest BCUT2D eigenvalue weighted by molar-refractivity contribution is -0.131. The number of rotatable bonds is 6. The van der Waals surface area contributed by atoms with Crippen molar-refractivity contribution < 1.29 is 17.9 Å². The lowest BCUT2D eigenvalue weighted by Crippen LogP contribution is -2.42. The van der Waals surface area contributed by atoms with Gasteiger partial charge in [0.05, 0.1) is 16.3 Å². The van der Waals surface area contributed by atoms with Crippen molar-refractivity contribution in [3.63, 3.8) is 0 Å². The second-order valence-electron chi connectivity index (χ2n) is 7.55. The molecule has 0 bridgehead atoms. The van der Waals surface area contributed by atoms with Gasteiger partial charge in [-0.05, 0) is 55.7 Å². The Hall–Kier alpha value is -2.29. The van der Waals surface area contributed by atoms with Crippen LogP contribution in [0.25, 0.3) is 0 Å². The fourth-order valence-corrected chi connectivity index (χ4v) is 5.35. The third kappa shape index (κ3) is 4.71. The van der Waals surface area contributed by atoms with Gasteiger partial charge in [-0.15, -0.1) is 0 Å². The number of amides is 1. The van der Waals surface area contributed by atoms with E-state index in [0.717, 1.165) is 25.9 Å². The van der Waals surface area contributed by atoms with E-state index in [1.165, 1.54) is 0 Å². The Morgan fingerprint density at radius 1 is 1.10 bits per heavy atom. The normalized spacial score (nSPS) is 21.6. The number of likely N-dealkylation sites (tertiary alicyclic amines) is 1. The van der Waals surface area contributed by atoms with Crippen LogP contribution in [-0.2, 0) is 14.8 Å². The molecule has 0 spiro atoms. The van der Waals surface area contributed by atoms with Crippen LogP contribution in [0.3, 0.4) is 0 Å². The number of sulfonamides is 1. The highest BCUT2D eigenvalue weighted by atomic mass is 35.5. The van der Waals surface area contributed by atoms with Gasteiger partial charge in [0.2, 0.25) is 15.9 Å². The molecule has 2 N–H and O–H groups in total. The monoisotopic (exact) mass is 449 g/mol. The molecule has 0 aromatic heterocycles. The molecule has 2 aliphatic heterocycles. The highest BCUT2D eigenvalue weighted by Crippen LogP contribution is 2.30. The summed E-state index contributed by atoms with van der Waals surface area (Å²) in [5.74, 6) is 1.08. The molecule has 1 amide bonds. The maximum Gasteiger partial charge on any atom is 0.239 e. The predicted molar refractivity (Wildman–Crippen MR) is 117 cm³/mol. The number of hydrogen-bond acceptors (Lipinski definition) is 5. The molecule has 7 nitrogen and oxygen atoms in total. The molecule has 2 unspecified atom stereocenters. The van der Waals surface area contributed by atoms with Gasteiger partial charge < -0.3 is 15.0 Å². The number of benzene rings is 2. The van der Waals surface area contributed by atoms with Gasteiger partial charge in [0, 0.05) is 25.3 Å². The van der Waals surface area contributed by atoms with Crippen LogP contribution in [0.15, 0.2) is 48.5 Å². The van der Waals surface area contributed by atoms with Crippen LogP contribution in [0.5, 0.6) is 11.5 Å². The molecule has 160 valence electrons. The minimum absolute atomic E-state index is 0.00581. The molecule has 2 aromatic rings. The summed E-state index contributed by atoms with van der Waals surface area (Å²) in [4.78, 5) is 14.3. The van der Waals surface area contributed by atoms with E-state index in [4.69, 9.17) is 16.3 Å². The van der Waals surface area contributed by atoms with Gasteiger partial charge in [0.15, 0.2) is 0 Å². The van der Waals surface area contributed by atoms with Gasteiger partial charge in [0.1, 0.15) is 11.5 Å². The molecule has 2 atom stereocenters. The minimum Gasteiger partial charge on any atom is -0.456 e. The molecule has 9 heteroatoms. The van der Waals surface area contributed by atoms with Gasteiger partial charge in [-0.3, -0.25) is 9.52 Å². The average Bonchev–Trinajstić information content (AvgIpc) is 3.43. The number of nitrogens with one attached hydrogen (secondary N) is 2. The number of para-hydroxylation sites is 1. The fraction of sp³-hybridized carbons (Fsp3) is 0.381. The molecule has 2 aromatic carbocycles. The van der Waals surface area contributed by atoms with Crippen LogP contribution in [0.4, 0.5) is 5.69 Å². The van der Waals surface area contributed by atoms with E-state index in [-0.39, 0.29) is 18.9 Å². The quantitative estimate of drug-likeness (QED) is 0.707. The van der Waals surface area contributed by atoms with Crippen LogP contribution in [-0.4, -0.2) is 50.2 Å². The Labute approximate surface area is 181 Å². The summed E-state index contributed by atoms with van der Waals surface area (Å²) in [5.41, 5.74) is 0.441. The molecule has 0 saturated carbocycles. The SMILES string of the molecule is O=C(C1CC(S(=O)(=O)Nc2ccc(Oc3ccccc3Cl)cc2)CN1)N1CCCC1. The van der Waals surface area contributed by atoms with Crippen molar-refractivity contribution in [2.45, 2.75) is 30.6 Å². The highest BCUT2D eigenvalue weighted by Gasteiger charge is 2.39. The van der Waals surface area contributed by atoms with Gasteiger partial charge >= 0.3 is 0 Å². The van der Waals surface area contributed by atoms with Crippen molar-refractivity contribution >= 4 is 33.2 Å². The van der Waals surface area contributed by atoms with Crippen molar-refractivity contribution in [3.8, 4) is 11.5 Å². The number of carbonyl (C=O) groups is 1. The maximum atomic E-state index is 12.8. The van der Waals surface area contributed by atoms with E-state index >= 15 is 0 Å². The number of ether oxygens (including phenoxy) is 1. The van der Waals surface area contributed by atoms with E-state index in [9.17, 15) is 13.2 Å². The molecule has 0 radical (unpaired) electrons. The summed E-state index contributed by atoms with van der Waals surface area (Å²) in [6.45, 7) is 1.78.